The van der Waals surface area contributed by atoms with Gasteiger partial charge in [-0.15, -0.1) is 0 Å². The van der Waals surface area contributed by atoms with E-state index in [1.807, 2.05) is 32.0 Å². The van der Waals surface area contributed by atoms with Gasteiger partial charge in [0.1, 0.15) is 5.75 Å². The quantitative estimate of drug-likeness (QED) is 0.866. The van der Waals surface area contributed by atoms with Crippen LogP contribution in [0.1, 0.15) is 31.4 Å². The van der Waals surface area contributed by atoms with Crippen molar-refractivity contribution in [3.63, 3.8) is 0 Å². The van der Waals surface area contributed by atoms with Crippen LogP contribution in [-0.4, -0.2) is 30.9 Å². The predicted molar refractivity (Wildman–Crippen MR) is 80.3 cm³/mol. The first-order valence-electron chi connectivity index (χ1n) is 7.37. The predicted octanol–water partition coefficient (Wildman–Crippen LogP) is 2.36. The Hall–Kier alpha value is -1.55. The third kappa shape index (κ3) is 3.05. The molecule has 0 radical (unpaired) electrons. The lowest BCUT2D eigenvalue weighted by atomic mass is 9.69. The van der Waals surface area contributed by atoms with Gasteiger partial charge in [0.15, 0.2) is 0 Å². The SMILES string of the molecule is COC(=O)C(C(C)C)C1(O)CCc2ccc(OC)cc2C1. The first kappa shape index (κ1) is 15.8. The van der Waals surface area contributed by atoms with Gasteiger partial charge in [-0.25, -0.2) is 0 Å². The number of carbonyl (C=O) groups excluding carboxylic acids is 1. The van der Waals surface area contributed by atoms with E-state index in [0.717, 1.165) is 17.7 Å². The standard InChI is InChI=1S/C17H24O4/c1-11(2)15(16(18)21-4)17(19)8-7-12-5-6-14(20-3)9-13(12)10-17/h5-6,9,11,15,19H,7-8,10H2,1-4H3. The molecule has 1 aromatic carbocycles. The Morgan fingerprint density at radius 3 is 2.57 bits per heavy atom. The second-order valence-corrected chi connectivity index (χ2v) is 6.16. The molecule has 0 aromatic heterocycles. The molecule has 1 aliphatic rings. The van der Waals surface area contributed by atoms with Crippen LogP contribution in [0.2, 0.25) is 0 Å². The van der Waals surface area contributed by atoms with Crippen molar-refractivity contribution in [1.82, 2.24) is 0 Å². The molecular weight excluding hydrogens is 268 g/mol. The van der Waals surface area contributed by atoms with E-state index in [9.17, 15) is 9.90 Å². The number of aryl methyl sites for hydroxylation is 1. The van der Waals surface area contributed by atoms with Gasteiger partial charge < -0.3 is 14.6 Å². The van der Waals surface area contributed by atoms with Crippen LogP contribution < -0.4 is 4.74 Å². The van der Waals surface area contributed by atoms with Crippen molar-refractivity contribution in [2.75, 3.05) is 14.2 Å². The van der Waals surface area contributed by atoms with E-state index in [0.29, 0.717) is 12.8 Å². The number of esters is 1. The maximum Gasteiger partial charge on any atom is 0.311 e. The van der Waals surface area contributed by atoms with Crippen LogP contribution in [0.25, 0.3) is 0 Å². The van der Waals surface area contributed by atoms with Gasteiger partial charge in [-0.2, -0.15) is 0 Å². The molecule has 2 rings (SSSR count). The highest BCUT2D eigenvalue weighted by Crippen LogP contribution is 2.39. The number of hydrogen-bond donors (Lipinski definition) is 1. The molecule has 0 aliphatic heterocycles. The van der Waals surface area contributed by atoms with Crippen molar-refractivity contribution in [3.05, 3.63) is 29.3 Å². The smallest absolute Gasteiger partial charge is 0.311 e. The number of ether oxygens (including phenoxy) is 2. The summed E-state index contributed by atoms with van der Waals surface area (Å²) < 4.78 is 10.2. The van der Waals surface area contributed by atoms with E-state index in [4.69, 9.17) is 9.47 Å². The number of hydrogen-bond acceptors (Lipinski definition) is 4. The molecule has 0 amide bonds. The largest absolute Gasteiger partial charge is 0.497 e. The average molecular weight is 292 g/mol. The van der Waals surface area contributed by atoms with E-state index in [-0.39, 0.29) is 11.9 Å². The summed E-state index contributed by atoms with van der Waals surface area (Å²) in [6.07, 6.45) is 1.79. The topological polar surface area (TPSA) is 55.8 Å². The lowest BCUT2D eigenvalue weighted by Crippen LogP contribution is -2.49. The third-order valence-electron chi connectivity index (χ3n) is 4.44. The van der Waals surface area contributed by atoms with Crippen molar-refractivity contribution >= 4 is 5.97 Å². The Bertz CT molecular complexity index is 524. The van der Waals surface area contributed by atoms with E-state index < -0.39 is 11.5 Å². The van der Waals surface area contributed by atoms with Crippen molar-refractivity contribution < 1.29 is 19.4 Å². The lowest BCUT2D eigenvalue weighted by Gasteiger charge is -2.40. The average Bonchev–Trinajstić information content (AvgIpc) is 2.45. The summed E-state index contributed by atoms with van der Waals surface area (Å²) in [4.78, 5) is 12.1. The number of carbonyl (C=O) groups is 1. The van der Waals surface area contributed by atoms with Crippen molar-refractivity contribution in [2.45, 2.75) is 38.7 Å². The minimum atomic E-state index is -1.05. The second kappa shape index (κ2) is 6.06. The number of benzene rings is 1. The van der Waals surface area contributed by atoms with Crippen LogP contribution in [0.5, 0.6) is 5.75 Å². The summed E-state index contributed by atoms with van der Waals surface area (Å²) in [5.74, 6) is -0.0486. The monoisotopic (exact) mass is 292 g/mol. The molecule has 4 heteroatoms. The van der Waals surface area contributed by atoms with Crippen molar-refractivity contribution in [3.8, 4) is 5.75 Å². The van der Waals surface area contributed by atoms with Crippen LogP contribution in [0.3, 0.4) is 0 Å². The van der Waals surface area contributed by atoms with Crippen LogP contribution >= 0.6 is 0 Å². The van der Waals surface area contributed by atoms with Crippen LogP contribution in [0, 0.1) is 11.8 Å². The van der Waals surface area contributed by atoms with E-state index in [2.05, 4.69) is 0 Å². The number of aliphatic hydroxyl groups is 1. The van der Waals surface area contributed by atoms with Crippen molar-refractivity contribution in [2.24, 2.45) is 11.8 Å². The molecule has 1 aromatic rings. The van der Waals surface area contributed by atoms with Gasteiger partial charge in [0, 0.05) is 6.42 Å². The first-order chi connectivity index (χ1) is 9.91. The number of fused-ring (bicyclic) bond motifs is 1. The molecule has 0 heterocycles. The molecule has 4 nitrogen and oxygen atoms in total. The molecule has 21 heavy (non-hydrogen) atoms. The molecule has 0 saturated heterocycles. The molecule has 116 valence electrons. The van der Waals surface area contributed by atoms with Crippen LogP contribution in [-0.2, 0) is 22.4 Å². The number of methoxy groups -OCH3 is 2. The summed E-state index contributed by atoms with van der Waals surface area (Å²) in [5.41, 5.74) is 1.21. The minimum Gasteiger partial charge on any atom is -0.497 e. The summed E-state index contributed by atoms with van der Waals surface area (Å²) in [6.45, 7) is 3.89. The Kier molecular flexibility index (Phi) is 4.57. The maximum atomic E-state index is 12.1. The van der Waals surface area contributed by atoms with Gasteiger partial charge >= 0.3 is 5.97 Å². The zero-order chi connectivity index (χ0) is 15.6. The zero-order valence-electron chi connectivity index (χ0n) is 13.2. The normalized spacial score (nSPS) is 22.6. The van der Waals surface area contributed by atoms with Crippen LogP contribution in [0.4, 0.5) is 0 Å². The van der Waals surface area contributed by atoms with Crippen molar-refractivity contribution in [1.29, 1.82) is 0 Å². The highest BCUT2D eigenvalue weighted by molar-refractivity contribution is 5.74. The van der Waals surface area contributed by atoms with E-state index in [1.54, 1.807) is 7.11 Å². The van der Waals surface area contributed by atoms with Gasteiger partial charge in [-0.05, 0) is 42.0 Å². The first-order valence-corrected chi connectivity index (χ1v) is 7.37. The highest BCUT2D eigenvalue weighted by Gasteiger charge is 2.45. The molecule has 0 spiro atoms. The number of rotatable bonds is 4. The van der Waals surface area contributed by atoms with Gasteiger partial charge in [0.05, 0.1) is 25.7 Å². The van der Waals surface area contributed by atoms with E-state index >= 15 is 0 Å². The summed E-state index contributed by atoms with van der Waals surface area (Å²) >= 11 is 0. The highest BCUT2D eigenvalue weighted by atomic mass is 16.5. The van der Waals surface area contributed by atoms with Crippen LogP contribution in [0.15, 0.2) is 18.2 Å². The molecule has 0 fully saturated rings. The molecular formula is C17H24O4. The van der Waals surface area contributed by atoms with Gasteiger partial charge in [0.25, 0.3) is 0 Å². The lowest BCUT2D eigenvalue weighted by molar-refractivity contribution is -0.160. The molecule has 1 N–H and O–H groups in total. The third-order valence-corrected chi connectivity index (χ3v) is 4.44. The molecule has 2 atom stereocenters. The molecule has 1 aliphatic carbocycles. The molecule has 0 bridgehead atoms. The fourth-order valence-electron chi connectivity index (χ4n) is 3.41. The van der Waals surface area contributed by atoms with Gasteiger partial charge in [0.2, 0.25) is 0 Å². The Balaban J connectivity index is 2.34. The summed E-state index contributed by atoms with van der Waals surface area (Å²) in [5, 5.41) is 11.1. The fraction of sp³-hybridized carbons (Fsp3) is 0.588. The fourth-order valence-corrected chi connectivity index (χ4v) is 3.41. The Morgan fingerprint density at radius 2 is 2.00 bits per heavy atom. The zero-order valence-corrected chi connectivity index (χ0v) is 13.2. The minimum absolute atomic E-state index is 0.0228. The van der Waals surface area contributed by atoms with E-state index in [1.165, 1.54) is 12.7 Å². The molecule has 0 saturated carbocycles. The Morgan fingerprint density at radius 1 is 1.29 bits per heavy atom. The maximum absolute atomic E-state index is 12.1. The van der Waals surface area contributed by atoms with Gasteiger partial charge in [-0.1, -0.05) is 19.9 Å². The summed E-state index contributed by atoms with van der Waals surface area (Å²) in [6, 6.07) is 5.92. The Labute approximate surface area is 126 Å². The second-order valence-electron chi connectivity index (χ2n) is 6.16. The molecule has 2 unspecified atom stereocenters. The summed E-state index contributed by atoms with van der Waals surface area (Å²) in [7, 11) is 3.00. The van der Waals surface area contributed by atoms with Gasteiger partial charge in [-0.3, -0.25) is 4.79 Å².